The van der Waals surface area contributed by atoms with Crippen LogP contribution in [0.4, 0.5) is 0 Å². The molecule has 0 unspecified atom stereocenters. The van der Waals surface area contributed by atoms with Crippen LogP contribution < -0.4 is 11.5 Å². The molecule has 0 saturated carbocycles. The van der Waals surface area contributed by atoms with Crippen LogP contribution in [0.15, 0.2) is 0 Å². The predicted octanol–water partition coefficient (Wildman–Crippen LogP) is 3.32. The van der Waals surface area contributed by atoms with Gasteiger partial charge in [-0.3, -0.25) is 0 Å². The first kappa shape index (κ1) is 23.0. The van der Waals surface area contributed by atoms with Crippen molar-refractivity contribution in [1.29, 1.82) is 0 Å². The van der Waals surface area contributed by atoms with E-state index < -0.39 is 0 Å². The van der Waals surface area contributed by atoms with E-state index in [4.69, 9.17) is 30.4 Å². The lowest BCUT2D eigenvalue weighted by molar-refractivity contribution is -0.304. The number of hydrogen-bond acceptors (Lipinski definition) is 6. The first-order chi connectivity index (χ1) is 13.3. The highest BCUT2D eigenvalue weighted by Gasteiger charge is 2.41. The normalized spacial score (nSPS) is 28.7. The molecule has 0 atom stereocenters. The summed E-state index contributed by atoms with van der Waals surface area (Å²) >= 11 is 0. The molecule has 4 N–H and O–H groups in total. The van der Waals surface area contributed by atoms with Crippen molar-refractivity contribution in [1.82, 2.24) is 0 Å². The molecule has 6 nitrogen and oxygen atoms in total. The van der Waals surface area contributed by atoms with E-state index in [1.807, 2.05) is 0 Å². The third kappa shape index (κ3) is 9.20. The Hall–Kier alpha value is -0.240. The van der Waals surface area contributed by atoms with E-state index in [1.165, 1.54) is 38.5 Å². The van der Waals surface area contributed by atoms with Crippen molar-refractivity contribution in [3.8, 4) is 0 Å². The van der Waals surface area contributed by atoms with Crippen LogP contribution in [0, 0.1) is 5.41 Å². The Morgan fingerprint density at radius 1 is 0.519 bits per heavy atom. The molecule has 0 bridgehead atoms. The number of nitrogens with two attached hydrogens (primary N) is 2. The summed E-state index contributed by atoms with van der Waals surface area (Å²) in [5, 5.41) is 0. The third-order valence-corrected chi connectivity index (χ3v) is 5.59. The lowest BCUT2D eigenvalue weighted by atomic mass is 9.90. The van der Waals surface area contributed by atoms with Crippen LogP contribution in [0.5, 0.6) is 0 Å². The van der Waals surface area contributed by atoms with Crippen LogP contribution in [0.1, 0.15) is 77.0 Å². The van der Waals surface area contributed by atoms with E-state index in [9.17, 15) is 0 Å². The minimum atomic E-state index is -0.116. The summed E-state index contributed by atoms with van der Waals surface area (Å²) in [6.45, 7) is 4.31. The van der Waals surface area contributed by atoms with Gasteiger partial charge in [-0.1, -0.05) is 38.5 Å². The zero-order valence-electron chi connectivity index (χ0n) is 17.2. The standard InChI is InChI=1S/C21H42N2O4/c22-13-9-5-1-3-7-11-19-24-15-21(16-25-19)17-26-20(27-18-21)12-8-4-2-6-10-14-23/h19-20H,1-18,22-23H2. The Morgan fingerprint density at radius 2 is 0.852 bits per heavy atom. The van der Waals surface area contributed by atoms with Crippen LogP contribution in [0.3, 0.4) is 0 Å². The largest absolute Gasteiger partial charge is 0.352 e. The molecule has 0 aromatic heterocycles. The van der Waals surface area contributed by atoms with Crippen molar-refractivity contribution in [2.75, 3.05) is 39.5 Å². The summed E-state index contributed by atoms with van der Waals surface area (Å²) in [6.07, 6.45) is 13.9. The van der Waals surface area contributed by atoms with Gasteiger partial charge in [0.15, 0.2) is 12.6 Å². The molecule has 2 aliphatic heterocycles. The molecule has 27 heavy (non-hydrogen) atoms. The average molecular weight is 387 g/mol. The highest BCUT2D eigenvalue weighted by atomic mass is 16.7. The molecule has 0 aromatic carbocycles. The topological polar surface area (TPSA) is 89.0 Å². The van der Waals surface area contributed by atoms with Crippen molar-refractivity contribution in [2.45, 2.75) is 89.6 Å². The maximum absolute atomic E-state index is 5.96. The Balaban J connectivity index is 1.49. The van der Waals surface area contributed by atoms with Gasteiger partial charge in [0.2, 0.25) is 0 Å². The molecule has 6 heteroatoms. The van der Waals surface area contributed by atoms with Crippen molar-refractivity contribution >= 4 is 0 Å². The highest BCUT2D eigenvalue weighted by molar-refractivity contribution is 4.84. The molecule has 160 valence electrons. The van der Waals surface area contributed by atoms with Crippen molar-refractivity contribution < 1.29 is 18.9 Å². The molecular formula is C21H42N2O4. The summed E-state index contributed by atoms with van der Waals surface area (Å²) in [6, 6.07) is 0. The van der Waals surface area contributed by atoms with Gasteiger partial charge in [0.05, 0.1) is 31.8 Å². The monoisotopic (exact) mass is 386 g/mol. The highest BCUT2D eigenvalue weighted by Crippen LogP contribution is 2.32. The van der Waals surface area contributed by atoms with E-state index in [-0.39, 0.29) is 18.0 Å². The number of unbranched alkanes of at least 4 members (excludes halogenated alkanes) is 8. The van der Waals surface area contributed by atoms with Gasteiger partial charge in [-0.25, -0.2) is 0 Å². The number of hydrogen-bond donors (Lipinski definition) is 2. The fourth-order valence-corrected chi connectivity index (χ4v) is 3.73. The molecule has 2 rings (SSSR count). The molecule has 2 fully saturated rings. The van der Waals surface area contributed by atoms with E-state index in [1.54, 1.807) is 0 Å². The molecular weight excluding hydrogens is 344 g/mol. The summed E-state index contributed by atoms with van der Waals surface area (Å²) in [5.41, 5.74) is 10.9. The number of rotatable bonds is 14. The van der Waals surface area contributed by atoms with Crippen LogP contribution in [-0.4, -0.2) is 52.1 Å². The Bertz CT molecular complexity index is 317. The molecule has 0 aliphatic carbocycles. The van der Waals surface area contributed by atoms with Gasteiger partial charge >= 0.3 is 0 Å². The fraction of sp³-hybridized carbons (Fsp3) is 1.00. The summed E-state index contributed by atoms with van der Waals surface area (Å²) in [4.78, 5) is 0. The van der Waals surface area contributed by atoms with Gasteiger partial charge in [0.1, 0.15) is 0 Å². The zero-order chi connectivity index (χ0) is 19.2. The van der Waals surface area contributed by atoms with Crippen molar-refractivity contribution in [3.05, 3.63) is 0 Å². The zero-order valence-corrected chi connectivity index (χ0v) is 17.2. The molecule has 2 saturated heterocycles. The Kier molecular flexibility index (Phi) is 11.8. The van der Waals surface area contributed by atoms with Crippen molar-refractivity contribution in [3.63, 3.8) is 0 Å². The van der Waals surface area contributed by atoms with E-state index in [0.29, 0.717) is 26.4 Å². The second-order valence-corrected chi connectivity index (χ2v) is 8.29. The minimum Gasteiger partial charge on any atom is -0.352 e. The van der Waals surface area contributed by atoms with Gasteiger partial charge in [0.25, 0.3) is 0 Å². The van der Waals surface area contributed by atoms with E-state index in [2.05, 4.69) is 0 Å². The third-order valence-electron chi connectivity index (χ3n) is 5.59. The van der Waals surface area contributed by atoms with Gasteiger partial charge in [-0.15, -0.1) is 0 Å². The van der Waals surface area contributed by atoms with Gasteiger partial charge < -0.3 is 30.4 Å². The number of ether oxygens (including phenoxy) is 4. The van der Waals surface area contributed by atoms with Crippen LogP contribution in [-0.2, 0) is 18.9 Å². The molecule has 0 amide bonds. The van der Waals surface area contributed by atoms with Gasteiger partial charge in [-0.05, 0) is 51.6 Å². The predicted molar refractivity (Wildman–Crippen MR) is 107 cm³/mol. The summed E-state index contributed by atoms with van der Waals surface area (Å²) < 4.78 is 23.8. The smallest absolute Gasteiger partial charge is 0.157 e. The molecule has 0 aromatic rings. The first-order valence-electron chi connectivity index (χ1n) is 11.1. The molecule has 2 aliphatic rings. The van der Waals surface area contributed by atoms with Crippen LogP contribution in [0.25, 0.3) is 0 Å². The van der Waals surface area contributed by atoms with E-state index >= 15 is 0 Å². The maximum atomic E-state index is 5.96. The minimum absolute atomic E-state index is 0.0589. The second-order valence-electron chi connectivity index (χ2n) is 8.29. The van der Waals surface area contributed by atoms with Gasteiger partial charge in [-0.2, -0.15) is 0 Å². The quantitative estimate of drug-likeness (QED) is 0.445. The van der Waals surface area contributed by atoms with Gasteiger partial charge in [0, 0.05) is 0 Å². The SMILES string of the molecule is NCCCCCCCC1OCC2(CO1)COC(CCCCCCCN)OC2. The molecule has 1 spiro atoms. The van der Waals surface area contributed by atoms with Crippen molar-refractivity contribution in [2.24, 2.45) is 16.9 Å². The average Bonchev–Trinajstić information content (AvgIpc) is 2.70. The lowest BCUT2D eigenvalue weighted by Gasteiger charge is -2.43. The van der Waals surface area contributed by atoms with Crippen LogP contribution >= 0.6 is 0 Å². The maximum Gasteiger partial charge on any atom is 0.157 e. The second kappa shape index (κ2) is 13.9. The lowest BCUT2D eigenvalue weighted by Crippen LogP contribution is -2.52. The molecule has 2 heterocycles. The molecule has 0 radical (unpaired) electrons. The van der Waals surface area contributed by atoms with E-state index in [0.717, 1.165) is 51.6 Å². The summed E-state index contributed by atoms with van der Waals surface area (Å²) in [7, 11) is 0. The fourth-order valence-electron chi connectivity index (χ4n) is 3.73. The first-order valence-corrected chi connectivity index (χ1v) is 11.1. The Morgan fingerprint density at radius 3 is 1.22 bits per heavy atom. The van der Waals surface area contributed by atoms with Crippen LogP contribution in [0.2, 0.25) is 0 Å². The Labute approximate surface area is 165 Å². The summed E-state index contributed by atoms with van der Waals surface area (Å²) in [5.74, 6) is 0.